The average molecular weight is 198 g/mol. The predicted octanol–water partition coefficient (Wildman–Crippen LogP) is 2.24. The molecular formula is C12H26N2. The van der Waals surface area contributed by atoms with Gasteiger partial charge in [0.25, 0.3) is 0 Å². The molecule has 2 N–H and O–H groups in total. The number of nitrogens with zero attached hydrogens (tertiary/aromatic N) is 1. The molecule has 1 aliphatic heterocycles. The third-order valence-electron chi connectivity index (χ3n) is 3.92. The Kier molecular flexibility index (Phi) is 4.39. The van der Waals surface area contributed by atoms with Crippen LogP contribution in [0.25, 0.3) is 0 Å². The Hall–Kier alpha value is -0.0800. The topological polar surface area (TPSA) is 29.3 Å². The Labute approximate surface area is 88.8 Å². The first kappa shape index (κ1) is 12.0. The summed E-state index contributed by atoms with van der Waals surface area (Å²) >= 11 is 0. The summed E-state index contributed by atoms with van der Waals surface area (Å²) in [4.78, 5) is 2.59. The van der Waals surface area contributed by atoms with Gasteiger partial charge < -0.3 is 10.6 Å². The van der Waals surface area contributed by atoms with Crippen LogP contribution in [-0.4, -0.2) is 30.6 Å². The summed E-state index contributed by atoms with van der Waals surface area (Å²) in [7, 11) is 0. The zero-order valence-electron chi connectivity index (χ0n) is 10.1. The van der Waals surface area contributed by atoms with Gasteiger partial charge in [0.2, 0.25) is 0 Å². The quantitative estimate of drug-likeness (QED) is 0.734. The molecule has 0 bridgehead atoms. The van der Waals surface area contributed by atoms with E-state index in [1.54, 1.807) is 0 Å². The highest BCUT2D eigenvalue weighted by molar-refractivity contribution is 4.87. The summed E-state index contributed by atoms with van der Waals surface area (Å²) < 4.78 is 0. The van der Waals surface area contributed by atoms with E-state index >= 15 is 0 Å². The molecule has 1 atom stereocenters. The van der Waals surface area contributed by atoms with E-state index in [9.17, 15) is 0 Å². The van der Waals surface area contributed by atoms with E-state index in [1.165, 1.54) is 38.9 Å². The molecule has 1 saturated heterocycles. The number of rotatable bonds is 5. The van der Waals surface area contributed by atoms with Crippen LogP contribution in [0.15, 0.2) is 0 Å². The molecule has 1 rings (SSSR count). The molecule has 0 amide bonds. The molecular weight excluding hydrogens is 172 g/mol. The van der Waals surface area contributed by atoms with Crippen LogP contribution in [-0.2, 0) is 0 Å². The van der Waals surface area contributed by atoms with Gasteiger partial charge in [0, 0.05) is 12.6 Å². The first-order chi connectivity index (χ1) is 6.62. The molecule has 0 spiro atoms. The molecule has 0 aromatic rings. The lowest BCUT2D eigenvalue weighted by atomic mass is 9.82. The van der Waals surface area contributed by atoms with Crippen LogP contribution < -0.4 is 5.73 Å². The second-order valence-electron chi connectivity index (χ2n) is 5.00. The molecule has 84 valence electrons. The fourth-order valence-corrected chi connectivity index (χ4v) is 2.43. The van der Waals surface area contributed by atoms with Crippen molar-refractivity contribution in [3.63, 3.8) is 0 Å². The van der Waals surface area contributed by atoms with Gasteiger partial charge in [-0.15, -0.1) is 0 Å². The van der Waals surface area contributed by atoms with E-state index in [0.717, 1.165) is 6.42 Å². The summed E-state index contributed by atoms with van der Waals surface area (Å²) in [6.07, 6.45) is 5.19. The minimum Gasteiger partial charge on any atom is -0.328 e. The Bertz CT molecular complexity index is 162. The van der Waals surface area contributed by atoms with Gasteiger partial charge in [0.05, 0.1) is 0 Å². The first-order valence-electron chi connectivity index (χ1n) is 6.10. The number of likely N-dealkylation sites (tertiary alicyclic amines) is 1. The Morgan fingerprint density at radius 2 is 2.00 bits per heavy atom. The highest BCUT2D eigenvalue weighted by atomic mass is 15.2. The molecule has 0 saturated carbocycles. The monoisotopic (exact) mass is 198 g/mol. The summed E-state index contributed by atoms with van der Waals surface area (Å²) in [5, 5.41) is 0. The lowest BCUT2D eigenvalue weighted by Gasteiger charge is -2.26. The third-order valence-corrected chi connectivity index (χ3v) is 3.92. The Morgan fingerprint density at radius 1 is 1.36 bits per heavy atom. The van der Waals surface area contributed by atoms with Crippen molar-refractivity contribution in [1.82, 2.24) is 4.90 Å². The van der Waals surface area contributed by atoms with Crippen LogP contribution >= 0.6 is 0 Å². The molecule has 1 heterocycles. The molecule has 2 nitrogen and oxygen atoms in total. The van der Waals surface area contributed by atoms with Crippen LogP contribution in [0.2, 0.25) is 0 Å². The lowest BCUT2D eigenvalue weighted by molar-refractivity contribution is 0.236. The van der Waals surface area contributed by atoms with Gasteiger partial charge >= 0.3 is 0 Å². The Morgan fingerprint density at radius 3 is 2.43 bits per heavy atom. The molecule has 0 aromatic carbocycles. The summed E-state index contributed by atoms with van der Waals surface area (Å²) in [5.41, 5.74) is 6.40. The van der Waals surface area contributed by atoms with Crippen LogP contribution in [0.5, 0.6) is 0 Å². The zero-order valence-corrected chi connectivity index (χ0v) is 10.1. The molecule has 1 unspecified atom stereocenters. The lowest BCUT2D eigenvalue weighted by Crippen LogP contribution is -2.30. The van der Waals surface area contributed by atoms with Crippen molar-refractivity contribution >= 4 is 0 Å². The van der Waals surface area contributed by atoms with E-state index in [4.69, 9.17) is 5.73 Å². The Balaban J connectivity index is 2.32. The maximum Gasteiger partial charge on any atom is 0.00383 e. The van der Waals surface area contributed by atoms with Crippen molar-refractivity contribution in [1.29, 1.82) is 0 Å². The van der Waals surface area contributed by atoms with Crippen LogP contribution in [0.3, 0.4) is 0 Å². The van der Waals surface area contributed by atoms with Crippen molar-refractivity contribution in [2.45, 2.75) is 52.5 Å². The zero-order chi connectivity index (χ0) is 10.6. The largest absolute Gasteiger partial charge is 0.328 e. The fraction of sp³-hybridized carbons (Fsp3) is 1.00. The third kappa shape index (κ3) is 2.96. The van der Waals surface area contributed by atoms with E-state index in [1.807, 2.05) is 0 Å². The second-order valence-corrected chi connectivity index (χ2v) is 5.00. The molecule has 0 aromatic heterocycles. The van der Waals surface area contributed by atoms with Crippen LogP contribution in [0.4, 0.5) is 0 Å². The van der Waals surface area contributed by atoms with Gasteiger partial charge in [-0.05, 0) is 51.1 Å². The van der Waals surface area contributed by atoms with Gasteiger partial charge in [-0.3, -0.25) is 0 Å². The van der Waals surface area contributed by atoms with Crippen LogP contribution in [0, 0.1) is 5.41 Å². The van der Waals surface area contributed by atoms with Gasteiger partial charge in [-0.25, -0.2) is 0 Å². The standard InChI is InChI=1S/C12H26N2/c1-4-12(5-2)7-9-14(10-12)8-6-11(3)13/h11H,4-10,13H2,1-3H3. The smallest absolute Gasteiger partial charge is 0.00383 e. The SMILES string of the molecule is CCC1(CC)CCN(CCC(C)N)C1. The molecule has 2 heteroatoms. The fourth-order valence-electron chi connectivity index (χ4n) is 2.43. The number of nitrogens with two attached hydrogens (primary N) is 1. The highest BCUT2D eigenvalue weighted by Gasteiger charge is 2.34. The average Bonchev–Trinajstić information content (AvgIpc) is 2.59. The van der Waals surface area contributed by atoms with Crippen molar-refractivity contribution in [2.75, 3.05) is 19.6 Å². The minimum atomic E-state index is 0.355. The van der Waals surface area contributed by atoms with Gasteiger partial charge in [0.1, 0.15) is 0 Å². The second kappa shape index (κ2) is 5.13. The normalized spacial score (nSPS) is 24.0. The number of hydrogen-bond donors (Lipinski definition) is 1. The predicted molar refractivity (Wildman–Crippen MR) is 62.3 cm³/mol. The molecule has 1 aliphatic rings. The van der Waals surface area contributed by atoms with Crippen molar-refractivity contribution in [2.24, 2.45) is 11.1 Å². The first-order valence-corrected chi connectivity index (χ1v) is 6.10. The highest BCUT2D eigenvalue weighted by Crippen LogP contribution is 2.36. The van der Waals surface area contributed by atoms with E-state index in [2.05, 4.69) is 25.7 Å². The van der Waals surface area contributed by atoms with Crippen LogP contribution in [0.1, 0.15) is 46.5 Å². The van der Waals surface area contributed by atoms with Gasteiger partial charge in [-0.2, -0.15) is 0 Å². The van der Waals surface area contributed by atoms with E-state index in [0.29, 0.717) is 11.5 Å². The maximum absolute atomic E-state index is 5.78. The molecule has 0 radical (unpaired) electrons. The summed E-state index contributed by atoms with van der Waals surface area (Å²) in [6, 6.07) is 0.355. The van der Waals surface area contributed by atoms with Gasteiger partial charge in [-0.1, -0.05) is 13.8 Å². The molecule has 14 heavy (non-hydrogen) atoms. The number of hydrogen-bond acceptors (Lipinski definition) is 2. The van der Waals surface area contributed by atoms with Gasteiger partial charge in [0.15, 0.2) is 0 Å². The van der Waals surface area contributed by atoms with E-state index in [-0.39, 0.29) is 0 Å². The van der Waals surface area contributed by atoms with Crippen molar-refractivity contribution < 1.29 is 0 Å². The van der Waals surface area contributed by atoms with E-state index < -0.39 is 0 Å². The van der Waals surface area contributed by atoms with Crippen molar-refractivity contribution in [3.05, 3.63) is 0 Å². The summed E-state index contributed by atoms with van der Waals surface area (Å²) in [5.74, 6) is 0. The molecule has 1 fully saturated rings. The maximum atomic E-state index is 5.78. The van der Waals surface area contributed by atoms with Crippen molar-refractivity contribution in [3.8, 4) is 0 Å². The summed E-state index contributed by atoms with van der Waals surface area (Å²) in [6.45, 7) is 10.5. The molecule has 0 aliphatic carbocycles. The minimum absolute atomic E-state index is 0.355.